The third kappa shape index (κ3) is 2.42. The second-order valence-electron chi connectivity index (χ2n) is 5.57. The molecule has 0 unspecified atom stereocenters. The maximum absolute atomic E-state index is 11.9. The van der Waals surface area contributed by atoms with Crippen LogP contribution < -0.4 is 16.8 Å². The Hall–Kier alpha value is -2.38. The van der Waals surface area contributed by atoms with Gasteiger partial charge in [0.15, 0.2) is 17.0 Å². The number of aromatic nitrogens is 4. The van der Waals surface area contributed by atoms with Gasteiger partial charge in [0.25, 0.3) is 5.91 Å². The first-order valence-electron chi connectivity index (χ1n) is 7.56. The zero-order valence-corrected chi connectivity index (χ0v) is 13.3. The molecule has 0 aromatic carbocycles. The van der Waals surface area contributed by atoms with Gasteiger partial charge in [-0.15, -0.1) is 0 Å². The number of amides is 1. The van der Waals surface area contributed by atoms with Crippen LogP contribution in [0.1, 0.15) is 17.5 Å². The van der Waals surface area contributed by atoms with Crippen molar-refractivity contribution < 1.29 is 24.9 Å². The van der Waals surface area contributed by atoms with Crippen LogP contribution in [-0.4, -0.2) is 72.2 Å². The molecule has 3 rings (SSSR count). The molecule has 0 bridgehead atoms. The maximum atomic E-state index is 11.9. The highest BCUT2D eigenvalue weighted by Crippen LogP contribution is 2.37. The molecule has 2 aromatic rings. The van der Waals surface area contributed by atoms with Crippen LogP contribution in [0.3, 0.4) is 0 Å². The Bertz CT molecular complexity index is 811. The van der Waals surface area contributed by atoms with E-state index in [1.807, 2.05) is 0 Å². The van der Waals surface area contributed by atoms with Crippen molar-refractivity contribution in [2.45, 2.75) is 31.1 Å². The van der Waals surface area contributed by atoms with Crippen LogP contribution in [0.25, 0.3) is 11.2 Å². The highest BCUT2D eigenvalue weighted by Gasteiger charge is 2.57. The fourth-order valence-corrected chi connectivity index (χ4v) is 3.00. The Labute approximate surface area is 141 Å². The molecule has 3 heterocycles. The van der Waals surface area contributed by atoms with Gasteiger partial charge in [0.2, 0.25) is 11.7 Å². The number of hydrogen-bond donors (Lipinski definition) is 6. The molecule has 25 heavy (non-hydrogen) atoms. The number of nitrogen functional groups attached to an aromatic ring is 1. The Balaban J connectivity index is 2.33. The number of hydrogen-bond acceptors (Lipinski definition) is 10. The first-order valence-corrected chi connectivity index (χ1v) is 7.56. The molecule has 2 aromatic heterocycles. The summed E-state index contributed by atoms with van der Waals surface area (Å²) in [6, 6.07) is 0. The summed E-state index contributed by atoms with van der Waals surface area (Å²) in [7, 11) is 0. The van der Waals surface area contributed by atoms with Crippen molar-refractivity contribution in [2.24, 2.45) is 5.73 Å². The summed E-state index contributed by atoms with van der Waals surface area (Å²) in [5.74, 6) is -3.05. The lowest BCUT2D eigenvalue weighted by molar-refractivity contribution is -0.167. The summed E-state index contributed by atoms with van der Waals surface area (Å²) in [4.78, 5) is 23.8. The summed E-state index contributed by atoms with van der Waals surface area (Å²) in [6.07, 6.45) is -2.94. The number of fused-ring (bicyclic) bond motifs is 1. The summed E-state index contributed by atoms with van der Waals surface area (Å²) < 4.78 is 6.83. The largest absolute Gasteiger partial charge is 0.394 e. The first kappa shape index (κ1) is 17.4. The zero-order chi connectivity index (χ0) is 18.4. The van der Waals surface area contributed by atoms with Gasteiger partial charge in [0.1, 0.15) is 24.6 Å². The molecular weight excluding hydrogens is 334 g/mol. The monoisotopic (exact) mass is 353 g/mol. The van der Waals surface area contributed by atoms with Crippen LogP contribution in [-0.2, 0) is 10.6 Å². The SMILES string of the molecule is CCN[C@@]1(n2c(C(N)=O)nc3c(N)ncnc32)O[C@H](CO)[C@@H](O)[C@H]1O. The number of aliphatic hydroxyl groups is 3. The normalized spacial score (nSPS) is 29.4. The number of likely N-dealkylation sites (N-methyl/N-ethyl adjacent to an activating group) is 1. The van der Waals surface area contributed by atoms with E-state index in [4.69, 9.17) is 16.2 Å². The second kappa shape index (κ2) is 6.16. The maximum Gasteiger partial charge on any atom is 0.284 e. The molecule has 12 heteroatoms. The summed E-state index contributed by atoms with van der Waals surface area (Å²) >= 11 is 0. The van der Waals surface area contributed by atoms with Crippen LogP contribution in [0.15, 0.2) is 6.33 Å². The number of imidazole rings is 1. The molecule has 0 aliphatic carbocycles. The average molecular weight is 353 g/mol. The quantitative estimate of drug-likeness (QED) is 0.319. The molecule has 8 N–H and O–H groups in total. The second-order valence-corrected chi connectivity index (χ2v) is 5.57. The van der Waals surface area contributed by atoms with E-state index in [1.165, 1.54) is 0 Å². The van der Waals surface area contributed by atoms with E-state index >= 15 is 0 Å². The van der Waals surface area contributed by atoms with Crippen molar-refractivity contribution in [3.05, 3.63) is 12.2 Å². The van der Waals surface area contributed by atoms with Crippen LogP contribution in [0, 0.1) is 0 Å². The van der Waals surface area contributed by atoms with Crippen molar-refractivity contribution in [3.8, 4) is 0 Å². The molecular formula is C13H19N7O5. The number of primary amides is 1. The van der Waals surface area contributed by atoms with Gasteiger partial charge in [-0.3, -0.25) is 14.7 Å². The summed E-state index contributed by atoms with van der Waals surface area (Å²) in [5, 5.41) is 33.1. The minimum absolute atomic E-state index is 0.00430. The molecule has 1 amide bonds. The molecule has 1 fully saturated rings. The molecule has 0 saturated carbocycles. The van der Waals surface area contributed by atoms with Crippen molar-refractivity contribution in [2.75, 3.05) is 18.9 Å². The van der Waals surface area contributed by atoms with Gasteiger partial charge >= 0.3 is 0 Å². The van der Waals surface area contributed by atoms with Gasteiger partial charge in [-0.2, -0.15) is 0 Å². The van der Waals surface area contributed by atoms with E-state index < -0.39 is 36.7 Å². The number of rotatable bonds is 5. The lowest BCUT2D eigenvalue weighted by atomic mass is 10.1. The molecule has 4 atom stereocenters. The number of ether oxygens (including phenoxy) is 1. The van der Waals surface area contributed by atoms with Crippen LogP contribution >= 0.6 is 0 Å². The van der Waals surface area contributed by atoms with Gasteiger partial charge in [-0.25, -0.2) is 15.0 Å². The van der Waals surface area contributed by atoms with E-state index in [0.29, 0.717) is 0 Å². The summed E-state index contributed by atoms with van der Waals surface area (Å²) in [5.41, 5.74) is 11.4. The van der Waals surface area contributed by atoms with Gasteiger partial charge < -0.3 is 31.5 Å². The molecule has 1 aliphatic rings. The minimum atomic E-state index is -1.83. The van der Waals surface area contributed by atoms with Crippen molar-refractivity contribution in [1.82, 2.24) is 24.8 Å². The van der Waals surface area contributed by atoms with Crippen LogP contribution in [0.5, 0.6) is 0 Å². The number of nitrogens with one attached hydrogen (secondary N) is 1. The number of carbonyl (C=O) groups is 1. The van der Waals surface area contributed by atoms with Gasteiger partial charge in [0.05, 0.1) is 6.61 Å². The molecule has 0 radical (unpaired) electrons. The Morgan fingerprint density at radius 2 is 2.20 bits per heavy atom. The van der Waals surface area contributed by atoms with E-state index in [1.54, 1.807) is 6.92 Å². The van der Waals surface area contributed by atoms with E-state index in [9.17, 15) is 20.1 Å². The predicted octanol–water partition coefficient (Wildman–Crippen LogP) is -3.16. The molecule has 1 saturated heterocycles. The van der Waals surface area contributed by atoms with Crippen LogP contribution in [0.2, 0.25) is 0 Å². The smallest absolute Gasteiger partial charge is 0.284 e. The van der Waals surface area contributed by atoms with Gasteiger partial charge in [-0.05, 0) is 6.54 Å². The third-order valence-electron chi connectivity index (χ3n) is 4.07. The predicted molar refractivity (Wildman–Crippen MR) is 83.9 cm³/mol. The molecule has 136 valence electrons. The minimum Gasteiger partial charge on any atom is -0.394 e. The standard InChI is InChI=1S/C13H19N7O5/c1-2-18-13(8(23)7(22)5(3-21)25-13)20-11-6(9(14)16-4-17-11)19-12(20)10(15)24/h4-5,7-8,18,21-23H,2-3H2,1H3,(H2,15,24)(H2,14,16,17)/t5-,7-,8-,13+/m1/s1. The fourth-order valence-electron chi connectivity index (χ4n) is 3.00. The Kier molecular flexibility index (Phi) is 4.30. The van der Waals surface area contributed by atoms with Gasteiger partial charge in [0, 0.05) is 0 Å². The topological polar surface area (TPSA) is 195 Å². The number of carbonyl (C=O) groups excluding carboxylic acids is 1. The van der Waals surface area contributed by atoms with E-state index in [-0.39, 0.29) is 29.4 Å². The average Bonchev–Trinajstić information content (AvgIpc) is 3.08. The lowest BCUT2D eigenvalue weighted by Gasteiger charge is -2.35. The fraction of sp³-hybridized carbons (Fsp3) is 0.538. The number of anilines is 1. The molecule has 12 nitrogen and oxygen atoms in total. The zero-order valence-electron chi connectivity index (χ0n) is 13.3. The van der Waals surface area contributed by atoms with Crippen molar-refractivity contribution >= 4 is 22.9 Å². The Morgan fingerprint density at radius 3 is 2.76 bits per heavy atom. The van der Waals surface area contributed by atoms with Gasteiger partial charge in [-0.1, -0.05) is 6.92 Å². The van der Waals surface area contributed by atoms with Crippen LogP contribution in [0.4, 0.5) is 5.82 Å². The number of nitrogens with two attached hydrogens (primary N) is 2. The molecule has 0 spiro atoms. The van der Waals surface area contributed by atoms with Crippen molar-refractivity contribution in [3.63, 3.8) is 0 Å². The summed E-state index contributed by atoms with van der Waals surface area (Å²) in [6.45, 7) is 1.45. The highest BCUT2D eigenvalue weighted by atomic mass is 16.6. The molecule has 1 aliphatic heterocycles. The van der Waals surface area contributed by atoms with E-state index in [0.717, 1.165) is 10.9 Å². The Morgan fingerprint density at radius 1 is 1.48 bits per heavy atom. The third-order valence-corrected chi connectivity index (χ3v) is 4.07. The number of nitrogens with zero attached hydrogens (tertiary/aromatic N) is 4. The van der Waals surface area contributed by atoms with Crippen molar-refractivity contribution in [1.29, 1.82) is 0 Å². The van der Waals surface area contributed by atoms with E-state index in [2.05, 4.69) is 20.3 Å². The lowest BCUT2D eigenvalue weighted by Crippen LogP contribution is -2.57. The first-order chi connectivity index (χ1) is 11.9. The number of aliphatic hydroxyl groups excluding tert-OH is 3. The highest BCUT2D eigenvalue weighted by molar-refractivity contribution is 5.95.